The largest absolute Gasteiger partial charge is 0.454 e. The molecule has 3 rings (SSSR count). The normalized spacial score (nSPS) is 12.3. The van der Waals surface area contributed by atoms with Crippen LogP contribution in [0.3, 0.4) is 0 Å². The third kappa shape index (κ3) is 3.44. The van der Waals surface area contributed by atoms with Crippen molar-refractivity contribution in [2.24, 2.45) is 0 Å². The molecule has 0 aromatic heterocycles. The molecule has 0 saturated carbocycles. The Hall–Kier alpha value is -2.56. The van der Waals surface area contributed by atoms with Crippen LogP contribution in [0.25, 0.3) is 0 Å². The van der Waals surface area contributed by atoms with Gasteiger partial charge in [-0.3, -0.25) is 4.79 Å². The molecule has 5 heteroatoms. The van der Waals surface area contributed by atoms with Crippen molar-refractivity contribution in [1.82, 2.24) is 4.90 Å². The fourth-order valence-corrected chi connectivity index (χ4v) is 2.55. The van der Waals surface area contributed by atoms with E-state index in [1.54, 1.807) is 23.1 Å². The van der Waals surface area contributed by atoms with Gasteiger partial charge in [0.15, 0.2) is 11.5 Å². The Bertz CT molecular complexity index is 717. The van der Waals surface area contributed by atoms with E-state index in [2.05, 4.69) is 0 Å². The van der Waals surface area contributed by atoms with E-state index in [9.17, 15) is 9.18 Å². The number of ether oxygens (including phenoxy) is 2. The molecule has 1 aliphatic heterocycles. The quantitative estimate of drug-likeness (QED) is 0.851. The minimum absolute atomic E-state index is 0.0606. The lowest BCUT2D eigenvalue weighted by atomic mass is 10.1. The zero-order valence-corrected chi connectivity index (χ0v) is 12.9. The zero-order valence-electron chi connectivity index (χ0n) is 12.9. The molecule has 120 valence electrons. The summed E-state index contributed by atoms with van der Waals surface area (Å²) in [5.41, 5.74) is 1.37. The summed E-state index contributed by atoms with van der Waals surface area (Å²) >= 11 is 0. The minimum atomic E-state index is -0.347. The molecule has 0 bridgehead atoms. The van der Waals surface area contributed by atoms with Crippen LogP contribution in [0.5, 0.6) is 11.5 Å². The molecule has 0 fully saturated rings. The molecule has 1 amide bonds. The van der Waals surface area contributed by atoms with Gasteiger partial charge in [0.05, 0.1) is 6.42 Å². The van der Waals surface area contributed by atoms with Gasteiger partial charge in [0.25, 0.3) is 0 Å². The highest BCUT2D eigenvalue weighted by molar-refractivity contribution is 5.78. The van der Waals surface area contributed by atoms with Crippen LogP contribution in [0, 0.1) is 5.82 Å². The molecule has 0 radical (unpaired) electrons. The summed E-state index contributed by atoms with van der Waals surface area (Å²) < 4.78 is 24.3. The number of hydrogen-bond donors (Lipinski definition) is 0. The Balaban J connectivity index is 1.70. The Kier molecular flexibility index (Phi) is 4.46. The molecule has 0 N–H and O–H groups in total. The van der Waals surface area contributed by atoms with Crippen molar-refractivity contribution >= 4 is 5.91 Å². The zero-order chi connectivity index (χ0) is 16.2. The molecule has 0 spiro atoms. The highest BCUT2D eigenvalue weighted by atomic mass is 19.1. The summed E-state index contributed by atoms with van der Waals surface area (Å²) in [6, 6.07) is 12.0. The van der Waals surface area contributed by atoms with Gasteiger partial charge >= 0.3 is 0 Å². The van der Waals surface area contributed by atoms with Crippen molar-refractivity contribution in [3.05, 3.63) is 59.4 Å². The van der Waals surface area contributed by atoms with Crippen molar-refractivity contribution in [1.29, 1.82) is 0 Å². The van der Waals surface area contributed by atoms with Gasteiger partial charge in [0.1, 0.15) is 5.82 Å². The minimum Gasteiger partial charge on any atom is -0.454 e. The van der Waals surface area contributed by atoms with Gasteiger partial charge in [0, 0.05) is 13.1 Å². The number of carbonyl (C=O) groups excluding carboxylic acids is 1. The van der Waals surface area contributed by atoms with Gasteiger partial charge in [-0.05, 0) is 36.2 Å². The Morgan fingerprint density at radius 1 is 1.17 bits per heavy atom. The number of hydrogen-bond acceptors (Lipinski definition) is 3. The van der Waals surface area contributed by atoms with Crippen molar-refractivity contribution in [3.63, 3.8) is 0 Å². The van der Waals surface area contributed by atoms with Gasteiger partial charge in [-0.1, -0.05) is 24.3 Å². The third-order valence-corrected chi connectivity index (χ3v) is 3.84. The second-order valence-electron chi connectivity index (χ2n) is 5.36. The van der Waals surface area contributed by atoms with E-state index < -0.39 is 0 Å². The molecule has 0 unspecified atom stereocenters. The lowest BCUT2D eigenvalue weighted by Crippen LogP contribution is -2.31. The number of amides is 1. The molecule has 0 saturated heterocycles. The average molecular weight is 315 g/mol. The number of carbonyl (C=O) groups is 1. The molecule has 1 heterocycles. The first-order valence-electron chi connectivity index (χ1n) is 7.57. The van der Waals surface area contributed by atoms with Crippen molar-refractivity contribution in [2.45, 2.75) is 19.9 Å². The van der Waals surface area contributed by atoms with Crippen LogP contribution in [0.15, 0.2) is 42.5 Å². The maximum absolute atomic E-state index is 13.7. The highest BCUT2D eigenvalue weighted by Crippen LogP contribution is 2.32. The van der Waals surface area contributed by atoms with Gasteiger partial charge < -0.3 is 14.4 Å². The van der Waals surface area contributed by atoms with E-state index in [-0.39, 0.29) is 24.9 Å². The summed E-state index contributed by atoms with van der Waals surface area (Å²) in [5.74, 6) is 0.963. The van der Waals surface area contributed by atoms with Crippen molar-refractivity contribution < 1.29 is 18.7 Å². The standard InChI is InChI=1S/C18H18FNO3/c1-2-20(18(21)10-14-5-3-4-6-15(14)19)11-13-7-8-16-17(9-13)23-12-22-16/h3-9H,2,10-12H2,1H3. The predicted octanol–water partition coefficient (Wildman–Crippen LogP) is 3.15. The number of fused-ring (bicyclic) bond motifs is 1. The predicted molar refractivity (Wildman–Crippen MR) is 83.8 cm³/mol. The average Bonchev–Trinajstić information content (AvgIpc) is 3.02. The fourth-order valence-electron chi connectivity index (χ4n) is 2.55. The summed E-state index contributed by atoms with van der Waals surface area (Å²) in [6.45, 7) is 3.15. The molecular formula is C18H18FNO3. The molecule has 0 aliphatic carbocycles. The number of benzene rings is 2. The topological polar surface area (TPSA) is 38.8 Å². The fraction of sp³-hybridized carbons (Fsp3) is 0.278. The summed E-state index contributed by atoms with van der Waals surface area (Å²) in [5, 5.41) is 0. The number of rotatable bonds is 5. The second-order valence-corrected chi connectivity index (χ2v) is 5.36. The third-order valence-electron chi connectivity index (χ3n) is 3.84. The molecule has 1 aliphatic rings. The lowest BCUT2D eigenvalue weighted by Gasteiger charge is -2.21. The first kappa shape index (κ1) is 15.3. The number of likely N-dealkylation sites (N-methyl/N-ethyl adjacent to an activating group) is 1. The van der Waals surface area contributed by atoms with E-state index in [0.29, 0.717) is 24.4 Å². The van der Waals surface area contributed by atoms with Crippen LogP contribution in [0.1, 0.15) is 18.1 Å². The number of halogens is 1. The van der Waals surface area contributed by atoms with Crippen LogP contribution < -0.4 is 9.47 Å². The van der Waals surface area contributed by atoms with Gasteiger partial charge in [-0.2, -0.15) is 0 Å². The SMILES string of the molecule is CCN(Cc1ccc2c(c1)OCO2)C(=O)Cc1ccccc1F. The van der Waals surface area contributed by atoms with E-state index >= 15 is 0 Å². The van der Waals surface area contributed by atoms with Crippen LogP contribution in [0.4, 0.5) is 4.39 Å². The van der Waals surface area contributed by atoms with Gasteiger partial charge in [0.2, 0.25) is 12.7 Å². The van der Waals surface area contributed by atoms with E-state index in [1.807, 2.05) is 25.1 Å². The Morgan fingerprint density at radius 3 is 2.74 bits per heavy atom. The highest BCUT2D eigenvalue weighted by Gasteiger charge is 2.17. The molecule has 4 nitrogen and oxygen atoms in total. The Morgan fingerprint density at radius 2 is 1.96 bits per heavy atom. The smallest absolute Gasteiger partial charge is 0.231 e. The van der Waals surface area contributed by atoms with Crippen molar-refractivity contribution in [3.8, 4) is 11.5 Å². The summed E-state index contributed by atoms with van der Waals surface area (Å²) in [4.78, 5) is 14.1. The molecular weight excluding hydrogens is 297 g/mol. The maximum Gasteiger partial charge on any atom is 0.231 e. The number of nitrogens with zero attached hydrogens (tertiary/aromatic N) is 1. The van der Waals surface area contributed by atoms with Crippen LogP contribution >= 0.6 is 0 Å². The van der Waals surface area contributed by atoms with E-state index in [4.69, 9.17) is 9.47 Å². The van der Waals surface area contributed by atoms with E-state index in [1.165, 1.54) is 6.07 Å². The van der Waals surface area contributed by atoms with E-state index in [0.717, 1.165) is 11.3 Å². The molecule has 2 aromatic carbocycles. The summed E-state index contributed by atoms with van der Waals surface area (Å²) in [7, 11) is 0. The first-order valence-corrected chi connectivity index (χ1v) is 7.57. The monoisotopic (exact) mass is 315 g/mol. The van der Waals surface area contributed by atoms with Crippen LogP contribution in [-0.4, -0.2) is 24.1 Å². The van der Waals surface area contributed by atoms with Crippen LogP contribution in [-0.2, 0) is 17.8 Å². The molecule has 23 heavy (non-hydrogen) atoms. The summed E-state index contributed by atoms with van der Waals surface area (Å²) in [6.07, 6.45) is 0.0606. The van der Waals surface area contributed by atoms with Crippen LogP contribution in [0.2, 0.25) is 0 Å². The van der Waals surface area contributed by atoms with Crippen molar-refractivity contribution in [2.75, 3.05) is 13.3 Å². The Labute approximate surface area is 134 Å². The van der Waals surface area contributed by atoms with Gasteiger partial charge in [-0.15, -0.1) is 0 Å². The molecule has 0 atom stereocenters. The maximum atomic E-state index is 13.7. The first-order chi connectivity index (χ1) is 11.2. The lowest BCUT2D eigenvalue weighted by molar-refractivity contribution is -0.130. The molecule has 2 aromatic rings. The second kappa shape index (κ2) is 6.69. The van der Waals surface area contributed by atoms with Gasteiger partial charge in [-0.25, -0.2) is 4.39 Å².